The smallest absolute Gasteiger partial charge is 0.340 e. The highest BCUT2D eigenvalue weighted by molar-refractivity contribution is 9.10. The van der Waals surface area contributed by atoms with Crippen LogP contribution in [0.5, 0.6) is 0 Å². The van der Waals surface area contributed by atoms with Crippen molar-refractivity contribution in [2.45, 2.75) is 6.92 Å². The number of hydrogen-bond acceptors (Lipinski definition) is 4. The van der Waals surface area contributed by atoms with E-state index in [0.717, 1.165) is 4.47 Å². The third kappa shape index (κ3) is 2.97. The summed E-state index contributed by atoms with van der Waals surface area (Å²) in [5.74, 6) is -0.784. The fraction of sp³-hybridized carbons (Fsp3) is 0.125. The van der Waals surface area contributed by atoms with Gasteiger partial charge in [0.2, 0.25) is 0 Å². The highest BCUT2D eigenvalue weighted by atomic mass is 79.9. The summed E-state index contributed by atoms with van der Waals surface area (Å²) in [6, 6.07) is 6.59. The topological polar surface area (TPSA) is 67.0 Å². The van der Waals surface area contributed by atoms with Crippen molar-refractivity contribution < 1.29 is 13.9 Å². The van der Waals surface area contributed by atoms with E-state index in [1.54, 1.807) is 25.1 Å². The van der Waals surface area contributed by atoms with Crippen LogP contribution in [0.3, 0.4) is 0 Å². The molecule has 0 atom stereocenters. The van der Waals surface area contributed by atoms with Crippen molar-refractivity contribution in [2.24, 2.45) is 0 Å². The normalized spacial score (nSPS) is 10.9. The molecule has 0 saturated heterocycles. The van der Waals surface area contributed by atoms with Crippen LogP contribution >= 0.6 is 27.5 Å². The van der Waals surface area contributed by atoms with Crippen LogP contribution in [-0.2, 0) is 4.74 Å². The van der Waals surface area contributed by atoms with Crippen LogP contribution in [0.15, 0.2) is 28.7 Å². The fourth-order valence-corrected chi connectivity index (χ4v) is 3.07. The quantitative estimate of drug-likeness (QED) is 0.597. The van der Waals surface area contributed by atoms with E-state index >= 15 is 0 Å². The fourth-order valence-electron chi connectivity index (χ4n) is 2.35. The van der Waals surface area contributed by atoms with Gasteiger partial charge in [0, 0.05) is 4.47 Å². The molecule has 0 amide bonds. The van der Waals surface area contributed by atoms with Gasteiger partial charge in [-0.2, -0.15) is 0 Å². The van der Waals surface area contributed by atoms with Crippen molar-refractivity contribution >= 4 is 55.9 Å². The van der Waals surface area contributed by atoms with Crippen LogP contribution in [0.2, 0.25) is 5.02 Å². The zero-order valence-electron chi connectivity index (χ0n) is 12.7. The minimum atomic E-state index is -0.668. The molecule has 1 heterocycles. The van der Waals surface area contributed by atoms with Gasteiger partial charge in [-0.3, -0.25) is 0 Å². The van der Waals surface area contributed by atoms with Crippen LogP contribution in [0.25, 0.3) is 11.0 Å². The van der Waals surface area contributed by atoms with Gasteiger partial charge in [0.05, 0.1) is 34.6 Å². The maximum atomic E-state index is 14.9. The number of esters is 1. The van der Waals surface area contributed by atoms with E-state index in [2.05, 4.69) is 31.2 Å². The average Bonchev–Trinajstić information content (AvgIpc) is 2.92. The summed E-state index contributed by atoms with van der Waals surface area (Å²) in [5.41, 5.74) is 1.01. The number of fused-ring (bicyclic) bond motifs is 1. The van der Waals surface area contributed by atoms with Gasteiger partial charge in [0.15, 0.2) is 5.82 Å². The number of imidazole rings is 1. The summed E-state index contributed by atoms with van der Waals surface area (Å²) in [7, 11) is 1.24. The van der Waals surface area contributed by atoms with Crippen molar-refractivity contribution in [3.63, 3.8) is 0 Å². The zero-order chi connectivity index (χ0) is 17.4. The summed E-state index contributed by atoms with van der Waals surface area (Å²) >= 11 is 9.47. The molecule has 5 nitrogen and oxygen atoms in total. The number of H-pyrrole nitrogens is 1. The third-order valence-corrected chi connectivity index (χ3v) is 4.24. The number of rotatable bonds is 3. The van der Waals surface area contributed by atoms with Gasteiger partial charge < -0.3 is 15.0 Å². The number of carbonyl (C=O) groups is 1. The van der Waals surface area contributed by atoms with Gasteiger partial charge in [-0.1, -0.05) is 27.5 Å². The number of benzene rings is 2. The Labute approximate surface area is 150 Å². The standard InChI is InChI=1S/C16H12BrClFN3O2/c1-7-20-12-6-9(16(23)24-2)14(13(19)15(12)21-7)22-11-4-3-8(17)5-10(11)18/h3-6,22H,1-2H3,(H,20,21). The average molecular weight is 413 g/mol. The van der Waals surface area contributed by atoms with Gasteiger partial charge in [0.1, 0.15) is 11.3 Å². The second-order valence-electron chi connectivity index (χ2n) is 5.07. The van der Waals surface area contributed by atoms with Crippen molar-refractivity contribution in [1.29, 1.82) is 0 Å². The molecule has 0 radical (unpaired) electrons. The maximum Gasteiger partial charge on any atom is 0.340 e. The number of nitrogens with zero attached hydrogens (tertiary/aromatic N) is 1. The van der Waals surface area contributed by atoms with Crippen molar-refractivity contribution in [2.75, 3.05) is 12.4 Å². The molecule has 24 heavy (non-hydrogen) atoms. The van der Waals surface area contributed by atoms with Crippen LogP contribution in [-0.4, -0.2) is 23.0 Å². The Morgan fingerprint density at radius 1 is 1.42 bits per heavy atom. The number of halogens is 3. The first-order valence-corrected chi connectivity index (χ1v) is 8.07. The van der Waals surface area contributed by atoms with E-state index < -0.39 is 11.8 Å². The Hall–Kier alpha value is -2.12. The van der Waals surface area contributed by atoms with E-state index in [-0.39, 0.29) is 16.8 Å². The maximum absolute atomic E-state index is 14.9. The molecule has 2 aromatic carbocycles. The van der Waals surface area contributed by atoms with E-state index in [1.165, 1.54) is 13.2 Å². The Kier molecular flexibility index (Phi) is 4.47. The first-order chi connectivity index (χ1) is 11.4. The molecule has 0 unspecified atom stereocenters. The lowest BCUT2D eigenvalue weighted by Crippen LogP contribution is -2.08. The second kappa shape index (κ2) is 6.41. The summed E-state index contributed by atoms with van der Waals surface area (Å²) < 4.78 is 20.5. The number of methoxy groups -OCH3 is 1. The molecule has 0 aliphatic heterocycles. The van der Waals surface area contributed by atoms with E-state index in [1.807, 2.05) is 0 Å². The molecule has 0 aliphatic rings. The Morgan fingerprint density at radius 3 is 2.83 bits per heavy atom. The number of aryl methyl sites for hydroxylation is 1. The van der Waals surface area contributed by atoms with Crippen LogP contribution in [0.4, 0.5) is 15.8 Å². The molecule has 0 bridgehead atoms. The van der Waals surface area contributed by atoms with Crippen molar-refractivity contribution in [1.82, 2.24) is 9.97 Å². The minimum absolute atomic E-state index is 0.0370. The lowest BCUT2D eigenvalue weighted by molar-refractivity contribution is 0.0601. The summed E-state index contributed by atoms with van der Waals surface area (Å²) in [5, 5.41) is 3.24. The molecule has 3 aromatic rings. The molecular formula is C16H12BrClFN3O2. The predicted octanol–water partition coefficient (Wildman–Crippen LogP) is 4.96. The molecule has 8 heteroatoms. The molecule has 3 rings (SSSR count). The Bertz CT molecular complexity index is 958. The van der Waals surface area contributed by atoms with Gasteiger partial charge in [-0.25, -0.2) is 14.2 Å². The summed E-state index contributed by atoms with van der Waals surface area (Å²) in [6.07, 6.45) is 0. The zero-order valence-corrected chi connectivity index (χ0v) is 15.0. The van der Waals surface area contributed by atoms with Crippen LogP contribution in [0.1, 0.15) is 16.2 Å². The van der Waals surface area contributed by atoms with Gasteiger partial charge in [-0.05, 0) is 31.2 Å². The lowest BCUT2D eigenvalue weighted by Gasteiger charge is -2.13. The Morgan fingerprint density at radius 2 is 2.17 bits per heavy atom. The van der Waals surface area contributed by atoms with Gasteiger partial charge >= 0.3 is 5.97 Å². The SMILES string of the molecule is COC(=O)c1cc2[nH]c(C)nc2c(F)c1Nc1ccc(Br)cc1Cl. The second-order valence-corrected chi connectivity index (χ2v) is 6.40. The van der Waals surface area contributed by atoms with Crippen LogP contribution in [0, 0.1) is 12.7 Å². The highest BCUT2D eigenvalue weighted by Crippen LogP contribution is 2.34. The minimum Gasteiger partial charge on any atom is -0.465 e. The summed E-state index contributed by atoms with van der Waals surface area (Å²) in [4.78, 5) is 19.1. The molecule has 124 valence electrons. The lowest BCUT2D eigenvalue weighted by atomic mass is 10.1. The summed E-state index contributed by atoms with van der Waals surface area (Å²) in [6.45, 7) is 1.70. The van der Waals surface area contributed by atoms with Gasteiger partial charge in [0.25, 0.3) is 0 Å². The number of aromatic nitrogens is 2. The van der Waals surface area contributed by atoms with Crippen molar-refractivity contribution in [3.05, 3.63) is 51.0 Å². The molecule has 2 N–H and O–H groups in total. The molecular weight excluding hydrogens is 401 g/mol. The largest absolute Gasteiger partial charge is 0.465 e. The highest BCUT2D eigenvalue weighted by Gasteiger charge is 2.22. The monoisotopic (exact) mass is 411 g/mol. The first kappa shape index (κ1) is 16.7. The molecule has 0 aliphatic carbocycles. The Balaban J connectivity index is 2.20. The van der Waals surface area contributed by atoms with Gasteiger partial charge in [-0.15, -0.1) is 0 Å². The first-order valence-electron chi connectivity index (χ1n) is 6.90. The van der Waals surface area contributed by atoms with E-state index in [9.17, 15) is 9.18 Å². The third-order valence-electron chi connectivity index (χ3n) is 3.43. The van der Waals surface area contributed by atoms with E-state index in [4.69, 9.17) is 16.3 Å². The number of hydrogen-bond donors (Lipinski definition) is 2. The van der Waals surface area contributed by atoms with Crippen LogP contribution < -0.4 is 5.32 Å². The number of anilines is 2. The number of aromatic amines is 1. The molecule has 0 saturated carbocycles. The molecule has 0 spiro atoms. The molecule has 1 aromatic heterocycles. The van der Waals surface area contributed by atoms with E-state index in [0.29, 0.717) is 22.1 Å². The number of ether oxygens (including phenoxy) is 1. The molecule has 0 fully saturated rings. The number of nitrogens with one attached hydrogen (secondary N) is 2. The van der Waals surface area contributed by atoms with Crippen molar-refractivity contribution in [3.8, 4) is 0 Å². The number of carbonyl (C=O) groups excluding carboxylic acids is 1. The predicted molar refractivity (Wildman–Crippen MR) is 94.6 cm³/mol.